The van der Waals surface area contributed by atoms with Crippen LogP contribution in [0.1, 0.15) is 34.6 Å². The fraction of sp³-hybridized carbons (Fsp3) is 0.632. The minimum atomic E-state index is -0.716. The molecule has 26 heavy (non-hydrogen) atoms. The van der Waals surface area contributed by atoms with Gasteiger partial charge in [0.2, 0.25) is 11.8 Å². The van der Waals surface area contributed by atoms with E-state index in [1.165, 1.54) is 6.92 Å². The van der Waals surface area contributed by atoms with Crippen molar-refractivity contribution in [3.63, 3.8) is 0 Å². The van der Waals surface area contributed by atoms with Gasteiger partial charge in [0, 0.05) is 51.4 Å². The molecule has 1 aliphatic rings. The first-order valence-corrected chi connectivity index (χ1v) is 9.09. The Morgan fingerprint density at radius 3 is 2.31 bits per heavy atom. The number of rotatable bonds is 6. The summed E-state index contributed by atoms with van der Waals surface area (Å²) in [5.74, 6) is 0.747. The molecule has 0 aliphatic carbocycles. The van der Waals surface area contributed by atoms with Gasteiger partial charge in [0.15, 0.2) is 0 Å². The second-order valence-corrected chi connectivity index (χ2v) is 8.10. The van der Waals surface area contributed by atoms with E-state index in [9.17, 15) is 9.59 Å². The summed E-state index contributed by atoms with van der Waals surface area (Å²) < 4.78 is 0. The lowest BCUT2D eigenvalue weighted by molar-refractivity contribution is -0.136. The van der Waals surface area contributed by atoms with E-state index >= 15 is 0 Å². The molecular formula is C19H31N5O2. The average molecular weight is 361 g/mol. The van der Waals surface area contributed by atoms with Crippen LogP contribution in [0.25, 0.3) is 0 Å². The van der Waals surface area contributed by atoms with Crippen LogP contribution in [0.4, 0.5) is 5.82 Å². The maximum Gasteiger partial charge on any atom is 0.247 e. The van der Waals surface area contributed by atoms with Gasteiger partial charge in [0.05, 0.1) is 0 Å². The summed E-state index contributed by atoms with van der Waals surface area (Å²) in [7, 11) is 0. The van der Waals surface area contributed by atoms with Crippen molar-refractivity contribution < 1.29 is 9.59 Å². The van der Waals surface area contributed by atoms with Crippen molar-refractivity contribution in [3.8, 4) is 0 Å². The molecule has 0 unspecified atom stereocenters. The Balaban J connectivity index is 1.88. The van der Waals surface area contributed by atoms with E-state index < -0.39 is 5.54 Å². The highest BCUT2D eigenvalue weighted by atomic mass is 16.2. The van der Waals surface area contributed by atoms with Gasteiger partial charge in [-0.15, -0.1) is 0 Å². The van der Waals surface area contributed by atoms with Gasteiger partial charge >= 0.3 is 0 Å². The van der Waals surface area contributed by atoms with Crippen LogP contribution in [-0.2, 0) is 9.59 Å². The van der Waals surface area contributed by atoms with Crippen molar-refractivity contribution in [1.29, 1.82) is 0 Å². The van der Waals surface area contributed by atoms with Crippen LogP contribution in [0.2, 0.25) is 0 Å². The summed E-state index contributed by atoms with van der Waals surface area (Å²) >= 11 is 0. The molecule has 0 aromatic carbocycles. The molecule has 0 bridgehead atoms. The zero-order valence-corrected chi connectivity index (χ0v) is 16.5. The third-order valence-electron chi connectivity index (χ3n) is 4.43. The number of carbonyl (C=O) groups is 2. The predicted molar refractivity (Wildman–Crippen MR) is 103 cm³/mol. The van der Waals surface area contributed by atoms with Crippen molar-refractivity contribution in [1.82, 2.24) is 20.1 Å². The number of pyridine rings is 1. The van der Waals surface area contributed by atoms with Crippen molar-refractivity contribution in [2.75, 3.05) is 38.0 Å². The van der Waals surface area contributed by atoms with Gasteiger partial charge < -0.3 is 15.5 Å². The maximum atomic E-state index is 12.9. The van der Waals surface area contributed by atoms with Gasteiger partial charge in [-0.2, -0.15) is 0 Å². The fourth-order valence-electron chi connectivity index (χ4n) is 3.39. The quantitative estimate of drug-likeness (QED) is 0.799. The molecule has 7 nitrogen and oxygen atoms in total. The molecule has 2 heterocycles. The summed E-state index contributed by atoms with van der Waals surface area (Å²) in [6, 6.07) is 5.60. The zero-order valence-electron chi connectivity index (χ0n) is 16.5. The monoisotopic (exact) mass is 361 g/mol. The highest BCUT2D eigenvalue weighted by Crippen LogP contribution is 2.17. The normalized spacial score (nSPS) is 16.3. The molecule has 144 valence electrons. The number of nitrogens with one attached hydrogen (secondary N) is 2. The SMILES string of the molecule is CC(=O)NC(C)(C)CN1CCN(C(=O)C(C)(C)Nc2ccccn2)CC1. The highest BCUT2D eigenvalue weighted by molar-refractivity contribution is 5.88. The van der Waals surface area contributed by atoms with E-state index in [0.717, 1.165) is 19.6 Å². The lowest BCUT2D eigenvalue weighted by Crippen LogP contribution is -2.59. The second-order valence-electron chi connectivity index (χ2n) is 8.10. The lowest BCUT2D eigenvalue weighted by atomic mass is 10.0. The van der Waals surface area contributed by atoms with E-state index in [2.05, 4.69) is 20.5 Å². The minimum absolute atomic E-state index is 0.0221. The Morgan fingerprint density at radius 2 is 1.77 bits per heavy atom. The van der Waals surface area contributed by atoms with Crippen LogP contribution in [0.3, 0.4) is 0 Å². The number of hydrogen-bond acceptors (Lipinski definition) is 5. The molecule has 0 atom stereocenters. The van der Waals surface area contributed by atoms with E-state index in [-0.39, 0.29) is 17.4 Å². The zero-order chi connectivity index (χ0) is 19.4. The molecule has 1 aromatic heterocycles. The third-order valence-corrected chi connectivity index (χ3v) is 4.43. The fourth-order valence-corrected chi connectivity index (χ4v) is 3.39. The van der Waals surface area contributed by atoms with Crippen LogP contribution in [-0.4, -0.2) is 70.4 Å². The minimum Gasteiger partial charge on any atom is -0.356 e. The lowest BCUT2D eigenvalue weighted by Gasteiger charge is -2.41. The Bertz CT molecular complexity index is 622. The van der Waals surface area contributed by atoms with Crippen LogP contribution >= 0.6 is 0 Å². The molecule has 0 radical (unpaired) electrons. The highest BCUT2D eigenvalue weighted by Gasteiger charge is 2.34. The van der Waals surface area contributed by atoms with Crippen molar-refractivity contribution in [2.45, 2.75) is 45.7 Å². The van der Waals surface area contributed by atoms with Gasteiger partial charge in [-0.05, 0) is 39.8 Å². The second kappa shape index (κ2) is 8.03. The molecule has 2 amide bonds. The van der Waals surface area contributed by atoms with E-state index in [4.69, 9.17) is 0 Å². The standard InChI is InChI=1S/C19H31N5O2/c1-15(25)21-18(2,3)14-23-10-12-24(13-11-23)17(26)19(4,5)22-16-8-6-7-9-20-16/h6-9H,10-14H2,1-5H3,(H,20,22)(H,21,25). The molecule has 1 saturated heterocycles. The Morgan fingerprint density at radius 1 is 1.12 bits per heavy atom. The Kier molecular flexibility index (Phi) is 6.23. The van der Waals surface area contributed by atoms with E-state index in [1.807, 2.05) is 50.8 Å². The molecular weight excluding hydrogens is 330 g/mol. The Hall–Kier alpha value is -2.15. The first-order valence-electron chi connectivity index (χ1n) is 9.09. The van der Waals surface area contributed by atoms with Crippen molar-refractivity contribution in [3.05, 3.63) is 24.4 Å². The molecule has 0 spiro atoms. The van der Waals surface area contributed by atoms with Crippen LogP contribution in [0.15, 0.2) is 24.4 Å². The number of aromatic nitrogens is 1. The molecule has 1 aromatic rings. The van der Waals surface area contributed by atoms with Crippen molar-refractivity contribution in [2.24, 2.45) is 0 Å². The number of hydrogen-bond donors (Lipinski definition) is 2. The summed E-state index contributed by atoms with van der Waals surface area (Å²) in [4.78, 5) is 32.7. The third kappa shape index (κ3) is 5.69. The first kappa shape index (κ1) is 20.2. The number of piperazine rings is 1. The summed E-state index contributed by atoms with van der Waals surface area (Å²) in [6.07, 6.45) is 1.71. The van der Waals surface area contributed by atoms with Crippen LogP contribution in [0, 0.1) is 0 Å². The molecule has 7 heteroatoms. The largest absolute Gasteiger partial charge is 0.356 e. The summed E-state index contributed by atoms with van der Waals surface area (Å²) in [6.45, 7) is 13.1. The van der Waals surface area contributed by atoms with Crippen LogP contribution in [0.5, 0.6) is 0 Å². The number of amides is 2. The number of carbonyl (C=O) groups excluding carboxylic acids is 2. The summed E-state index contributed by atoms with van der Waals surface area (Å²) in [5, 5.41) is 6.20. The maximum absolute atomic E-state index is 12.9. The molecule has 0 saturated carbocycles. The smallest absolute Gasteiger partial charge is 0.247 e. The molecule has 1 aliphatic heterocycles. The van der Waals surface area contributed by atoms with Gasteiger partial charge in [-0.25, -0.2) is 4.98 Å². The van der Waals surface area contributed by atoms with Gasteiger partial charge in [0.25, 0.3) is 0 Å². The Labute approximate surface area is 156 Å². The first-order chi connectivity index (χ1) is 12.1. The van der Waals surface area contributed by atoms with Crippen molar-refractivity contribution >= 4 is 17.6 Å². The molecule has 1 fully saturated rings. The number of nitrogens with zero attached hydrogens (tertiary/aromatic N) is 3. The van der Waals surface area contributed by atoms with Gasteiger partial charge in [0.1, 0.15) is 11.4 Å². The van der Waals surface area contributed by atoms with Gasteiger partial charge in [-0.1, -0.05) is 6.07 Å². The summed E-state index contributed by atoms with van der Waals surface area (Å²) in [5.41, 5.74) is -0.996. The van der Waals surface area contributed by atoms with Crippen LogP contribution < -0.4 is 10.6 Å². The molecule has 2 N–H and O–H groups in total. The molecule has 2 rings (SSSR count). The number of anilines is 1. The topological polar surface area (TPSA) is 77.6 Å². The van der Waals surface area contributed by atoms with E-state index in [1.54, 1.807) is 6.20 Å². The van der Waals surface area contributed by atoms with Gasteiger partial charge in [-0.3, -0.25) is 14.5 Å². The predicted octanol–water partition coefficient (Wildman–Crippen LogP) is 1.33. The average Bonchev–Trinajstić information content (AvgIpc) is 2.53. The van der Waals surface area contributed by atoms with E-state index in [0.29, 0.717) is 18.9 Å².